The Morgan fingerprint density at radius 3 is 2.29 bits per heavy atom. The summed E-state index contributed by atoms with van der Waals surface area (Å²) >= 11 is 0. The van der Waals surface area contributed by atoms with Crippen LogP contribution in [0.5, 0.6) is 5.75 Å². The van der Waals surface area contributed by atoms with Gasteiger partial charge in [0, 0.05) is 11.6 Å². The molecule has 0 heterocycles. The largest absolute Gasteiger partial charge is 0.494 e. The molecule has 1 saturated carbocycles. The van der Waals surface area contributed by atoms with Gasteiger partial charge in [0.05, 0.1) is 18.8 Å². The number of esters is 1. The van der Waals surface area contributed by atoms with Gasteiger partial charge in [-0.1, -0.05) is 36.4 Å². The van der Waals surface area contributed by atoms with E-state index in [9.17, 15) is 18.0 Å². The van der Waals surface area contributed by atoms with E-state index in [2.05, 4.69) is 0 Å². The van der Waals surface area contributed by atoms with Gasteiger partial charge in [-0.2, -0.15) is 0 Å². The summed E-state index contributed by atoms with van der Waals surface area (Å²) in [5, 5.41) is 9.16. The van der Waals surface area contributed by atoms with Gasteiger partial charge in [-0.05, 0) is 67.3 Å². The maximum Gasteiger partial charge on any atom is 0.341 e. The van der Waals surface area contributed by atoms with Gasteiger partial charge in [0.15, 0.2) is 11.6 Å². The fourth-order valence-corrected chi connectivity index (χ4v) is 4.52. The van der Waals surface area contributed by atoms with E-state index in [-0.39, 0.29) is 23.7 Å². The molecule has 1 aliphatic carbocycles. The summed E-state index contributed by atoms with van der Waals surface area (Å²) in [5.74, 6) is -3.09. The highest BCUT2D eigenvalue weighted by Gasteiger charge is 2.29. The predicted molar refractivity (Wildman–Crippen MR) is 126 cm³/mol. The summed E-state index contributed by atoms with van der Waals surface area (Å²) in [7, 11) is 0. The molecule has 35 heavy (non-hydrogen) atoms. The normalized spacial score (nSPS) is 17.7. The SMILES string of the molecule is CCOc1ccc(C(=O)OC2CCC(c3ccc(-c4ccc(CO)cc4)c(F)c3F)CC2)c(F)c1. The molecule has 1 fully saturated rings. The summed E-state index contributed by atoms with van der Waals surface area (Å²) < 4.78 is 54.9. The van der Waals surface area contributed by atoms with Crippen molar-refractivity contribution in [2.75, 3.05) is 6.61 Å². The summed E-state index contributed by atoms with van der Waals surface area (Å²) in [5.41, 5.74) is 1.53. The number of hydrogen-bond donors (Lipinski definition) is 1. The lowest BCUT2D eigenvalue weighted by atomic mass is 9.82. The van der Waals surface area contributed by atoms with Crippen LogP contribution < -0.4 is 4.74 Å². The molecule has 0 amide bonds. The second-order valence-corrected chi connectivity index (χ2v) is 8.64. The first-order chi connectivity index (χ1) is 16.9. The molecule has 3 aromatic carbocycles. The Kier molecular flexibility index (Phi) is 7.76. The van der Waals surface area contributed by atoms with Gasteiger partial charge in [-0.3, -0.25) is 0 Å². The van der Waals surface area contributed by atoms with E-state index in [0.29, 0.717) is 54.7 Å². The third-order valence-electron chi connectivity index (χ3n) is 6.42. The van der Waals surface area contributed by atoms with Gasteiger partial charge in [0.25, 0.3) is 0 Å². The first kappa shape index (κ1) is 24.8. The quantitative estimate of drug-likeness (QED) is 0.387. The van der Waals surface area contributed by atoms with Crippen LogP contribution in [0.3, 0.4) is 0 Å². The Hall–Kier alpha value is -3.32. The van der Waals surface area contributed by atoms with E-state index in [1.165, 1.54) is 12.1 Å². The predicted octanol–water partition coefficient (Wildman–Crippen LogP) is 6.55. The zero-order valence-corrected chi connectivity index (χ0v) is 19.4. The molecule has 1 aliphatic rings. The fraction of sp³-hybridized carbons (Fsp3) is 0.321. The maximum atomic E-state index is 15.0. The average Bonchev–Trinajstić information content (AvgIpc) is 2.86. The molecular weight excluding hydrogens is 457 g/mol. The third-order valence-corrected chi connectivity index (χ3v) is 6.42. The van der Waals surface area contributed by atoms with E-state index in [4.69, 9.17) is 14.6 Å². The topological polar surface area (TPSA) is 55.8 Å². The minimum absolute atomic E-state index is 0.122. The van der Waals surface area contributed by atoms with Crippen LogP contribution in [0.15, 0.2) is 54.6 Å². The number of rotatable bonds is 7. The molecule has 1 N–H and O–H groups in total. The fourth-order valence-electron chi connectivity index (χ4n) is 4.52. The Morgan fingerprint density at radius 1 is 0.943 bits per heavy atom. The maximum absolute atomic E-state index is 15.0. The third kappa shape index (κ3) is 5.51. The van der Waals surface area contributed by atoms with E-state index < -0.39 is 29.5 Å². The molecule has 4 rings (SSSR count). The van der Waals surface area contributed by atoms with Crippen molar-refractivity contribution >= 4 is 5.97 Å². The van der Waals surface area contributed by atoms with Crippen LogP contribution in [0.4, 0.5) is 13.2 Å². The van der Waals surface area contributed by atoms with E-state index in [0.717, 1.165) is 6.07 Å². The first-order valence-electron chi connectivity index (χ1n) is 11.7. The lowest BCUT2D eigenvalue weighted by Gasteiger charge is -2.29. The van der Waals surface area contributed by atoms with Gasteiger partial charge in [0.2, 0.25) is 0 Å². The van der Waals surface area contributed by atoms with Crippen molar-refractivity contribution in [1.29, 1.82) is 0 Å². The number of aliphatic hydroxyl groups is 1. The summed E-state index contributed by atoms with van der Waals surface area (Å²) in [6.07, 6.45) is 1.57. The Morgan fingerprint density at radius 2 is 1.66 bits per heavy atom. The van der Waals surface area contributed by atoms with Crippen molar-refractivity contribution in [1.82, 2.24) is 0 Å². The highest BCUT2D eigenvalue weighted by molar-refractivity contribution is 5.90. The van der Waals surface area contributed by atoms with E-state index >= 15 is 0 Å². The summed E-state index contributed by atoms with van der Waals surface area (Å²) in [4.78, 5) is 12.4. The molecule has 4 nitrogen and oxygen atoms in total. The number of carbonyl (C=O) groups is 1. The molecule has 0 radical (unpaired) electrons. The number of halogens is 3. The molecule has 0 aromatic heterocycles. The van der Waals surface area contributed by atoms with Gasteiger partial charge in [-0.25, -0.2) is 18.0 Å². The second kappa shape index (κ2) is 11.0. The van der Waals surface area contributed by atoms with Crippen molar-refractivity contribution in [3.8, 4) is 16.9 Å². The minimum atomic E-state index is -0.904. The summed E-state index contributed by atoms with van der Waals surface area (Å²) in [6.45, 7) is 2.04. The van der Waals surface area contributed by atoms with E-state index in [1.54, 1.807) is 43.3 Å². The standard InChI is InChI=1S/C28H27F3O4/c1-2-34-21-11-12-24(25(29)15-21)28(33)35-20-9-7-19(8-10-20)23-14-13-22(26(30)27(23)31)18-5-3-17(16-32)4-6-18/h3-6,11-15,19-20,32H,2,7-10,16H2,1H3. The molecule has 0 aliphatic heterocycles. The lowest BCUT2D eigenvalue weighted by molar-refractivity contribution is 0.0189. The van der Waals surface area contributed by atoms with E-state index in [1.807, 2.05) is 0 Å². The Balaban J connectivity index is 1.39. The minimum Gasteiger partial charge on any atom is -0.494 e. The molecule has 0 unspecified atom stereocenters. The number of carbonyl (C=O) groups excluding carboxylic acids is 1. The molecule has 0 saturated heterocycles. The molecule has 0 atom stereocenters. The van der Waals surface area contributed by atoms with Crippen molar-refractivity contribution in [3.63, 3.8) is 0 Å². The van der Waals surface area contributed by atoms with Crippen LogP contribution >= 0.6 is 0 Å². The highest BCUT2D eigenvalue weighted by atomic mass is 19.2. The summed E-state index contributed by atoms with van der Waals surface area (Å²) in [6, 6.07) is 13.8. The van der Waals surface area contributed by atoms with Crippen molar-refractivity contribution in [2.24, 2.45) is 0 Å². The van der Waals surface area contributed by atoms with Crippen molar-refractivity contribution < 1.29 is 32.5 Å². The Bertz CT molecular complexity index is 1190. The van der Waals surface area contributed by atoms with Gasteiger partial charge < -0.3 is 14.6 Å². The monoisotopic (exact) mass is 484 g/mol. The van der Waals surface area contributed by atoms with Gasteiger partial charge in [0.1, 0.15) is 17.7 Å². The zero-order valence-electron chi connectivity index (χ0n) is 19.4. The number of benzene rings is 3. The van der Waals surface area contributed by atoms with Crippen LogP contribution in [0, 0.1) is 17.5 Å². The van der Waals surface area contributed by atoms with Crippen LogP contribution in [-0.4, -0.2) is 23.8 Å². The van der Waals surface area contributed by atoms with Crippen LogP contribution in [0.25, 0.3) is 11.1 Å². The second-order valence-electron chi connectivity index (χ2n) is 8.64. The smallest absolute Gasteiger partial charge is 0.341 e. The van der Waals surface area contributed by atoms with Crippen LogP contribution in [0.1, 0.15) is 60.0 Å². The lowest BCUT2D eigenvalue weighted by Crippen LogP contribution is -2.24. The molecule has 7 heteroatoms. The Labute approximate surface area is 202 Å². The average molecular weight is 485 g/mol. The number of aliphatic hydroxyl groups excluding tert-OH is 1. The van der Waals surface area contributed by atoms with Crippen LogP contribution in [-0.2, 0) is 11.3 Å². The molecule has 184 valence electrons. The molecule has 0 bridgehead atoms. The molecular formula is C28H27F3O4. The van der Waals surface area contributed by atoms with Crippen LogP contribution in [0.2, 0.25) is 0 Å². The molecule has 3 aromatic rings. The van der Waals surface area contributed by atoms with Gasteiger partial charge in [-0.15, -0.1) is 0 Å². The van der Waals surface area contributed by atoms with Crippen molar-refractivity contribution in [2.45, 2.75) is 51.2 Å². The number of ether oxygens (including phenoxy) is 2. The molecule has 0 spiro atoms. The zero-order chi connectivity index (χ0) is 24.9. The highest BCUT2D eigenvalue weighted by Crippen LogP contribution is 2.38. The number of hydrogen-bond acceptors (Lipinski definition) is 4. The van der Waals surface area contributed by atoms with Gasteiger partial charge >= 0.3 is 5.97 Å². The first-order valence-corrected chi connectivity index (χ1v) is 11.7. The van der Waals surface area contributed by atoms with Crippen molar-refractivity contribution in [3.05, 3.63) is 88.7 Å².